The van der Waals surface area contributed by atoms with Crippen molar-refractivity contribution in [3.05, 3.63) is 70.0 Å². The molecule has 1 N–H and O–H groups in total. The summed E-state index contributed by atoms with van der Waals surface area (Å²) in [7, 11) is 0. The van der Waals surface area contributed by atoms with Crippen LogP contribution in [0.5, 0.6) is 0 Å². The zero-order valence-corrected chi connectivity index (χ0v) is 16.6. The first-order chi connectivity index (χ1) is 12.8. The van der Waals surface area contributed by atoms with E-state index < -0.39 is 5.56 Å². The van der Waals surface area contributed by atoms with Crippen molar-refractivity contribution in [3.63, 3.8) is 0 Å². The smallest absolute Gasteiger partial charge is 0.270 e. The number of benzene rings is 2. The molecule has 0 unspecified atom stereocenters. The van der Waals surface area contributed by atoms with Gasteiger partial charge in [0.15, 0.2) is 5.16 Å². The quantitative estimate of drug-likeness (QED) is 0.517. The number of thioether (sulfide) groups is 1. The summed E-state index contributed by atoms with van der Waals surface area (Å²) in [6.45, 7) is 6.59. The van der Waals surface area contributed by atoms with Gasteiger partial charge in [0, 0.05) is 5.56 Å². The average molecular weight is 375 g/mol. The van der Waals surface area contributed by atoms with Crippen LogP contribution < -0.4 is 5.56 Å². The van der Waals surface area contributed by atoms with Crippen molar-refractivity contribution < 1.29 is 0 Å². The maximum Gasteiger partial charge on any atom is 0.270 e. The molecule has 0 atom stereocenters. The second-order valence-corrected chi connectivity index (χ2v) is 8.11. The minimum Gasteiger partial charge on any atom is -0.300 e. The van der Waals surface area contributed by atoms with Crippen molar-refractivity contribution in [1.82, 2.24) is 9.97 Å². The molecule has 0 saturated heterocycles. The molecule has 3 aromatic rings. The Hall–Kier alpha value is -2.84. The minimum absolute atomic E-state index is 0.0371. The summed E-state index contributed by atoms with van der Waals surface area (Å²) in [5, 5.41) is 9.83. The van der Waals surface area contributed by atoms with Gasteiger partial charge in [0.2, 0.25) is 0 Å². The van der Waals surface area contributed by atoms with Crippen molar-refractivity contribution in [2.75, 3.05) is 6.26 Å². The zero-order valence-electron chi connectivity index (χ0n) is 15.8. The standard InChI is InChI=1S/C22H21N3OS/c1-22(2,3)17-11-9-15(10-12-17)14-5-7-16(8-6-14)19-18(13-23)20(26)25-21(24-19)27-4/h5-12H,1-4H3,(H,24,25,26). The molecule has 0 aliphatic carbocycles. The van der Waals surface area contributed by atoms with E-state index >= 15 is 0 Å². The molecular formula is C22H21N3OS. The number of hydrogen-bond acceptors (Lipinski definition) is 4. The van der Waals surface area contributed by atoms with Crippen molar-refractivity contribution in [1.29, 1.82) is 5.26 Å². The van der Waals surface area contributed by atoms with Gasteiger partial charge < -0.3 is 4.98 Å². The molecule has 3 rings (SSSR count). The van der Waals surface area contributed by atoms with Crippen LogP contribution in [0.1, 0.15) is 31.9 Å². The van der Waals surface area contributed by atoms with Gasteiger partial charge >= 0.3 is 0 Å². The van der Waals surface area contributed by atoms with Gasteiger partial charge in [-0.15, -0.1) is 0 Å². The number of nitrogens with one attached hydrogen (secondary N) is 1. The van der Waals surface area contributed by atoms with E-state index in [2.05, 4.69) is 55.0 Å². The normalized spacial score (nSPS) is 11.2. The SMILES string of the molecule is CSc1nc(-c2ccc(-c3ccc(C(C)(C)C)cc3)cc2)c(C#N)c(=O)[nH]1. The fourth-order valence-electron chi connectivity index (χ4n) is 2.85. The van der Waals surface area contributed by atoms with Crippen LogP contribution >= 0.6 is 11.8 Å². The lowest BCUT2D eigenvalue weighted by molar-refractivity contribution is 0.590. The molecule has 27 heavy (non-hydrogen) atoms. The number of aromatic amines is 1. The number of rotatable bonds is 3. The van der Waals surface area contributed by atoms with E-state index in [1.54, 1.807) is 0 Å². The van der Waals surface area contributed by atoms with Gasteiger partial charge in [-0.2, -0.15) is 5.26 Å². The van der Waals surface area contributed by atoms with Gasteiger partial charge in [-0.3, -0.25) is 4.79 Å². The van der Waals surface area contributed by atoms with Crippen LogP contribution in [0, 0.1) is 11.3 Å². The van der Waals surface area contributed by atoms with Gasteiger partial charge in [0.1, 0.15) is 11.6 Å². The number of nitriles is 1. The van der Waals surface area contributed by atoms with E-state index in [0.29, 0.717) is 10.9 Å². The first-order valence-electron chi connectivity index (χ1n) is 8.63. The lowest BCUT2D eigenvalue weighted by Gasteiger charge is -2.19. The molecule has 0 aliphatic rings. The van der Waals surface area contributed by atoms with Gasteiger partial charge in [0.25, 0.3) is 5.56 Å². The maximum absolute atomic E-state index is 12.1. The largest absolute Gasteiger partial charge is 0.300 e. The van der Waals surface area contributed by atoms with Crippen LogP contribution in [0.4, 0.5) is 0 Å². The highest BCUT2D eigenvalue weighted by molar-refractivity contribution is 7.98. The average Bonchev–Trinajstić information content (AvgIpc) is 2.67. The van der Waals surface area contributed by atoms with E-state index in [9.17, 15) is 10.1 Å². The second-order valence-electron chi connectivity index (χ2n) is 7.32. The number of hydrogen-bond donors (Lipinski definition) is 1. The number of nitrogens with zero attached hydrogens (tertiary/aromatic N) is 2. The third-order valence-electron chi connectivity index (χ3n) is 4.45. The van der Waals surface area contributed by atoms with E-state index in [1.807, 2.05) is 36.6 Å². The van der Waals surface area contributed by atoms with Crippen LogP contribution in [-0.4, -0.2) is 16.2 Å². The van der Waals surface area contributed by atoms with Gasteiger partial charge in [0.05, 0.1) is 5.69 Å². The molecule has 5 heteroatoms. The summed E-state index contributed by atoms with van der Waals surface area (Å²) < 4.78 is 0. The molecule has 1 aromatic heterocycles. The van der Waals surface area contributed by atoms with E-state index in [4.69, 9.17) is 0 Å². The fraction of sp³-hybridized carbons (Fsp3) is 0.227. The second kappa shape index (κ2) is 7.42. The molecule has 0 aliphatic heterocycles. The topological polar surface area (TPSA) is 69.5 Å². The minimum atomic E-state index is -0.409. The highest BCUT2D eigenvalue weighted by Crippen LogP contribution is 2.28. The lowest BCUT2D eigenvalue weighted by Crippen LogP contribution is -2.14. The highest BCUT2D eigenvalue weighted by Gasteiger charge is 2.14. The van der Waals surface area contributed by atoms with E-state index in [-0.39, 0.29) is 11.0 Å². The lowest BCUT2D eigenvalue weighted by atomic mass is 9.86. The van der Waals surface area contributed by atoms with Crippen LogP contribution in [0.15, 0.2) is 58.5 Å². The molecule has 0 spiro atoms. The summed E-state index contributed by atoms with van der Waals surface area (Å²) in [5.74, 6) is 0. The molecule has 4 nitrogen and oxygen atoms in total. The van der Waals surface area contributed by atoms with Crippen LogP contribution in [0.2, 0.25) is 0 Å². The van der Waals surface area contributed by atoms with Crippen molar-refractivity contribution in [2.24, 2.45) is 0 Å². The van der Waals surface area contributed by atoms with Crippen LogP contribution in [0.25, 0.3) is 22.4 Å². The predicted molar refractivity (Wildman–Crippen MR) is 111 cm³/mol. The summed E-state index contributed by atoms with van der Waals surface area (Å²) >= 11 is 1.34. The van der Waals surface area contributed by atoms with Crippen molar-refractivity contribution >= 4 is 11.8 Å². The Balaban J connectivity index is 1.98. The molecule has 0 fully saturated rings. The predicted octanol–water partition coefficient (Wildman–Crippen LogP) is 4.99. The molecule has 0 bridgehead atoms. The molecule has 0 radical (unpaired) electrons. The Morgan fingerprint density at radius 2 is 1.48 bits per heavy atom. The zero-order chi connectivity index (χ0) is 19.6. The third-order valence-corrected chi connectivity index (χ3v) is 5.03. The maximum atomic E-state index is 12.1. The summed E-state index contributed by atoms with van der Waals surface area (Å²) in [5.41, 5.74) is 4.41. The van der Waals surface area contributed by atoms with Crippen molar-refractivity contribution in [2.45, 2.75) is 31.3 Å². The first-order valence-corrected chi connectivity index (χ1v) is 9.85. The Morgan fingerprint density at radius 1 is 0.963 bits per heavy atom. The molecular weight excluding hydrogens is 354 g/mol. The molecule has 0 saturated carbocycles. The first kappa shape index (κ1) is 18.9. The summed E-state index contributed by atoms with van der Waals surface area (Å²) in [6, 6.07) is 18.3. The van der Waals surface area contributed by atoms with Gasteiger partial charge in [-0.25, -0.2) is 4.98 Å². The van der Waals surface area contributed by atoms with Crippen molar-refractivity contribution in [3.8, 4) is 28.5 Å². The Bertz CT molecular complexity index is 1050. The van der Waals surface area contributed by atoms with Crippen LogP contribution in [-0.2, 0) is 5.41 Å². The van der Waals surface area contributed by atoms with Gasteiger partial charge in [-0.1, -0.05) is 81.1 Å². The molecule has 1 heterocycles. The monoisotopic (exact) mass is 375 g/mol. The number of H-pyrrole nitrogens is 1. The molecule has 2 aromatic carbocycles. The molecule has 136 valence electrons. The summed E-state index contributed by atoms with van der Waals surface area (Å²) in [6.07, 6.45) is 1.83. The Labute approximate surface area is 163 Å². The summed E-state index contributed by atoms with van der Waals surface area (Å²) in [4.78, 5) is 19.1. The Kier molecular flexibility index (Phi) is 5.20. The third kappa shape index (κ3) is 3.96. The van der Waals surface area contributed by atoms with E-state index in [0.717, 1.165) is 16.7 Å². The highest BCUT2D eigenvalue weighted by atomic mass is 32.2. The van der Waals surface area contributed by atoms with Crippen LogP contribution in [0.3, 0.4) is 0 Å². The Morgan fingerprint density at radius 3 is 1.96 bits per heavy atom. The van der Waals surface area contributed by atoms with Gasteiger partial charge in [-0.05, 0) is 28.4 Å². The fourth-order valence-corrected chi connectivity index (χ4v) is 3.22. The van der Waals surface area contributed by atoms with E-state index in [1.165, 1.54) is 17.3 Å². The molecule has 0 amide bonds. The number of aromatic nitrogens is 2.